The Bertz CT molecular complexity index is 866. The Morgan fingerprint density at radius 3 is 2.60 bits per heavy atom. The van der Waals surface area contributed by atoms with Crippen LogP contribution in [0.25, 0.3) is 0 Å². The van der Waals surface area contributed by atoms with Gasteiger partial charge in [0.25, 0.3) is 0 Å². The van der Waals surface area contributed by atoms with Crippen LogP contribution in [0.5, 0.6) is 0 Å². The van der Waals surface area contributed by atoms with Crippen molar-refractivity contribution in [2.75, 3.05) is 38.1 Å². The lowest BCUT2D eigenvalue weighted by molar-refractivity contribution is 0.349. The third kappa shape index (κ3) is 2.43. The fraction of sp³-hybridized carbons (Fsp3) is 0.421. The summed E-state index contributed by atoms with van der Waals surface area (Å²) in [6, 6.07) is 5.82. The molecule has 0 aliphatic carbocycles. The van der Waals surface area contributed by atoms with E-state index in [1.54, 1.807) is 0 Å². The molecule has 1 aromatic carbocycles. The maximum atomic E-state index is 6.21. The lowest BCUT2D eigenvalue weighted by Gasteiger charge is -2.34. The molecule has 5 nitrogen and oxygen atoms in total. The summed E-state index contributed by atoms with van der Waals surface area (Å²) in [6.07, 6.45) is 1.95. The monoisotopic (exact) mass is 353 g/mol. The molecule has 0 saturated carbocycles. The number of rotatable bonds is 0. The van der Waals surface area contributed by atoms with Gasteiger partial charge < -0.3 is 9.80 Å². The predicted molar refractivity (Wildman–Crippen MR) is 102 cm³/mol. The molecule has 0 spiro atoms. The molecule has 0 aromatic heterocycles. The minimum Gasteiger partial charge on any atom is -0.353 e. The molecular weight excluding hydrogens is 334 g/mol. The van der Waals surface area contributed by atoms with Gasteiger partial charge in [-0.05, 0) is 44.0 Å². The van der Waals surface area contributed by atoms with Crippen LogP contribution in [0.4, 0.5) is 11.4 Å². The molecular formula is C19H20ClN5. The van der Waals surface area contributed by atoms with Crippen molar-refractivity contribution in [3.8, 4) is 0 Å². The van der Waals surface area contributed by atoms with Gasteiger partial charge in [0.15, 0.2) is 11.7 Å². The van der Waals surface area contributed by atoms with Crippen molar-refractivity contribution < 1.29 is 0 Å². The quantitative estimate of drug-likeness (QED) is 0.672. The topological polar surface area (TPSA) is 34.4 Å². The van der Waals surface area contributed by atoms with E-state index in [1.807, 2.05) is 31.3 Å². The molecule has 4 aliphatic rings. The molecule has 0 radical (unpaired) electrons. The zero-order valence-corrected chi connectivity index (χ0v) is 15.2. The lowest BCUT2D eigenvalue weighted by Crippen LogP contribution is -2.46. The van der Waals surface area contributed by atoms with Crippen molar-refractivity contribution >= 4 is 34.6 Å². The van der Waals surface area contributed by atoms with E-state index in [0.717, 1.165) is 53.7 Å². The number of nitrogens with zero attached hydrogens (tertiary/aromatic N) is 5. The van der Waals surface area contributed by atoms with Gasteiger partial charge in [0, 0.05) is 31.2 Å². The van der Waals surface area contributed by atoms with Crippen molar-refractivity contribution in [1.29, 1.82) is 0 Å². The van der Waals surface area contributed by atoms with Gasteiger partial charge >= 0.3 is 0 Å². The summed E-state index contributed by atoms with van der Waals surface area (Å²) < 4.78 is 0. The van der Waals surface area contributed by atoms with E-state index in [4.69, 9.17) is 21.6 Å². The molecule has 128 valence electrons. The van der Waals surface area contributed by atoms with Crippen molar-refractivity contribution in [3.63, 3.8) is 0 Å². The van der Waals surface area contributed by atoms with Crippen molar-refractivity contribution in [1.82, 2.24) is 9.80 Å². The first kappa shape index (κ1) is 15.2. The highest BCUT2D eigenvalue weighted by Crippen LogP contribution is 2.39. The van der Waals surface area contributed by atoms with Crippen LogP contribution >= 0.6 is 11.6 Å². The van der Waals surface area contributed by atoms with E-state index in [2.05, 4.69) is 27.5 Å². The molecule has 2 saturated heterocycles. The third-order valence-electron chi connectivity index (χ3n) is 5.50. The fourth-order valence-corrected chi connectivity index (χ4v) is 4.53. The second-order valence-electron chi connectivity index (χ2n) is 7.38. The van der Waals surface area contributed by atoms with Gasteiger partial charge in [0.1, 0.15) is 0 Å². The molecule has 2 atom stereocenters. The summed E-state index contributed by atoms with van der Waals surface area (Å²) in [5, 5.41) is 0.704. The van der Waals surface area contributed by atoms with Crippen LogP contribution in [-0.4, -0.2) is 54.7 Å². The van der Waals surface area contributed by atoms with E-state index in [9.17, 15) is 0 Å². The number of amidine groups is 2. The van der Waals surface area contributed by atoms with Gasteiger partial charge in [-0.2, -0.15) is 0 Å². The highest BCUT2D eigenvalue weighted by molar-refractivity contribution is 6.48. The van der Waals surface area contributed by atoms with E-state index >= 15 is 0 Å². The molecule has 2 unspecified atom stereocenters. The first-order chi connectivity index (χ1) is 12.1. The van der Waals surface area contributed by atoms with E-state index in [-0.39, 0.29) is 0 Å². The van der Waals surface area contributed by atoms with Crippen molar-refractivity contribution in [3.05, 3.63) is 40.8 Å². The first-order valence-electron chi connectivity index (χ1n) is 8.72. The molecule has 1 aromatic rings. The number of halogens is 1. The lowest BCUT2D eigenvalue weighted by atomic mass is 10.0. The van der Waals surface area contributed by atoms with Crippen LogP contribution in [-0.2, 0) is 0 Å². The van der Waals surface area contributed by atoms with Gasteiger partial charge in [-0.25, -0.2) is 9.98 Å². The molecule has 0 bridgehead atoms. The average Bonchev–Trinajstić information content (AvgIpc) is 3.11. The number of allylic oxidation sites excluding steroid dienone is 1. The molecule has 4 heterocycles. The number of anilines is 1. The van der Waals surface area contributed by atoms with Crippen LogP contribution in [0.1, 0.15) is 6.92 Å². The number of aliphatic imine (C=N–C) groups is 2. The zero-order valence-electron chi connectivity index (χ0n) is 14.4. The maximum absolute atomic E-state index is 6.21. The van der Waals surface area contributed by atoms with Crippen LogP contribution in [0.2, 0.25) is 5.02 Å². The van der Waals surface area contributed by atoms with Gasteiger partial charge in [-0.15, -0.1) is 0 Å². The van der Waals surface area contributed by atoms with E-state index < -0.39 is 0 Å². The van der Waals surface area contributed by atoms with Gasteiger partial charge in [0.2, 0.25) is 0 Å². The van der Waals surface area contributed by atoms with Crippen LogP contribution in [0.3, 0.4) is 0 Å². The Kier molecular flexibility index (Phi) is 3.32. The van der Waals surface area contributed by atoms with Crippen LogP contribution in [0.15, 0.2) is 45.8 Å². The minimum atomic E-state index is 0.704. The van der Waals surface area contributed by atoms with Gasteiger partial charge in [-0.3, -0.25) is 4.90 Å². The molecule has 5 rings (SSSR count). The third-order valence-corrected chi connectivity index (χ3v) is 5.73. The zero-order chi connectivity index (χ0) is 17.1. The number of benzene rings is 1. The molecule has 4 aliphatic heterocycles. The summed E-state index contributed by atoms with van der Waals surface area (Å²) in [5.41, 5.74) is 5.99. The number of fused-ring (bicyclic) bond motifs is 4. The van der Waals surface area contributed by atoms with Crippen LogP contribution < -0.4 is 4.90 Å². The molecule has 25 heavy (non-hydrogen) atoms. The predicted octanol–water partition coefficient (Wildman–Crippen LogP) is 3.11. The van der Waals surface area contributed by atoms with E-state index in [1.165, 1.54) is 13.1 Å². The smallest absolute Gasteiger partial charge is 0.182 e. The number of hydrogen-bond acceptors (Lipinski definition) is 5. The summed E-state index contributed by atoms with van der Waals surface area (Å²) in [7, 11) is 2.21. The fourth-order valence-electron chi connectivity index (χ4n) is 4.37. The Hall–Kier alpha value is -2.07. The molecule has 0 N–H and O–H groups in total. The minimum absolute atomic E-state index is 0.704. The number of likely N-dealkylation sites (tertiary alicyclic amines) is 2. The number of hydrogen-bond donors (Lipinski definition) is 0. The van der Waals surface area contributed by atoms with Crippen molar-refractivity contribution in [2.45, 2.75) is 6.92 Å². The largest absolute Gasteiger partial charge is 0.353 e. The Balaban J connectivity index is 1.57. The molecule has 2 fully saturated rings. The Labute approximate surface area is 152 Å². The second-order valence-corrected chi connectivity index (χ2v) is 7.82. The normalized spacial score (nSPS) is 27.6. The van der Waals surface area contributed by atoms with Gasteiger partial charge in [-0.1, -0.05) is 17.3 Å². The summed E-state index contributed by atoms with van der Waals surface area (Å²) in [6.45, 7) is 6.43. The van der Waals surface area contributed by atoms with Gasteiger partial charge in [0.05, 0.1) is 23.3 Å². The second kappa shape index (κ2) is 5.46. The van der Waals surface area contributed by atoms with Crippen LogP contribution in [0, 0.1) is 11.8 Å². The molecule has 6 heteroatoms. The SMILES string of the molecule is CC1=C=CN2C(=N1)C(N1CC3CN(C)CC3C1)=Nc1ccc(Cl)cc12. The molecule has 0 amide bonds. The highest BCUT2D eigenvalue weighted by atomic mass is 35.5. The summed E-state index contributed by atoms with van der Waals surface area (Å²) >= 11 is 6.21. The summed E-state index contributed by atoms with van der Waals surface area (Å²) in [5.74, 6) is 3.32. The van der Waals surface area contributed by atoms with Crippen molar-refractivity contribution in [2.24, 2.45) is 21.8 Å². The highest BCUT2D eigenvalue weighted by Gasteiger charge is 2.42. The maximum Gasteiger partial charge on any atom is 0.182 e. The Morgan fingerprint density at radius 2 is 1.84 bits per heavy atom. The summed E-state index contributed by atoms with van der Waals surface area (Å²) in [4.78, 5) is 16.6. The van der Waals surface area contributed by atoms with E-state index in [0.29, 0.717) is 5.02 Å². The Morgan fingerprint density at radius 1 is 1.08 bits per heavy atom. The standard InChI is InChI=1S/C19H20ClN5/c1-12-5-6-25-17-7-15(20)3-4-16(17)22-18(19(25)21-12)24-10-13-8-23(2)9-14(13)11-24/h3-4,6-7,13-14H,8-11H2,1-2H3. The first-order valence-corrected chi connectivity index (χ1v) is 9.10. The average molecular weight is 354 g/mol.